The van der Waals surface area contributed by atoms with Crippen molar-refractivity contribution in [1.82, 2.24) is 10.2 Å². The molecule has 1 rings (SSSR count). The van der Waals surface area contributed by atoms with Gasteiger partial charge in [0.2, 0.25) is 0 Å². The summed E-state index contributed by atoms with van der Waals surface area (Å²) < 4.78 is 4.99. The van der Waals surface area contributed by atoms with Gasteiger partial charge < -0.3 is 15.0 Å². The number of hydrogen-bond donors (Lipinski definition) is 1. The van der Waals surface area contributed by atoms with Crippen molar-refractivity contribution in [2.24, 2.45) is 4.99 Å². The first-order valence-electron chi connectivity index (χ1n) is 7.30. The molecule has 5 heteroatoms. The van der Waals surface area contributed by atoms with Gasteiger partial charge in [-0.15, -0.1) is 0 Å². The summed E-state index contributed by atoms with van der Waals surface area (Å²) in [4.78, 5) is 18.5. The average molecular weight is 291 g/mol. The number of benzene rings is 1. The van der Waals surface area contributed by atoms with Crippen molar-refractivity contribution in [1.29, 1.82) is 0 Å². The summed E-state index contributed by atoms with van der Waals surface area (Å²) in [5, 5.41) is 2.93. The number of carbonyl (C=O) groups is 1. The van der Waals surface area contributed by atoms with Crippen molar-refractivity contribution < 1.29 is 9.53 Å². The first-order valence-corrected chi connectivity index (χ1v) is 7.30. The molecule has 0 unspecified atom stereocenters. The molecular formula is C16H25N3O2. The lowest BCUT2D eigenvalue weighted by Crippen LogP contribution is -2.34. The van der Waals surface area contributed by atoms with Crippen molar-refractivity contribution in [3.8, 4) is 0 Å². The van der Waals surface area contributed by atoms with E-state index in [1.54, 1.807) is 26.2 Å². The van der Waals surface area contributed by atoms with Crippen LogP contribution < -0.4 is 5.32 Å². The molecule has 0 heterocycles. The van der Waals surface area contributed by atoms with Crippen LogP contribution in [0.4, 0.5) is 5.69 Å². The van der Waals surface area contributed by atoms with E-state index in [0.29, 0.717) is 18.0 Å². The SMILES string of the molecule is CCN(CC)CCNC(=O)c1ccc(N=C(C)OC)cc1. The van der Waals surface area contributed by atoms with E-state index in [2.05, 4.69) is 29.1 Å². The highest BCUT2D eigenvalue weighted by atomic mass is 16.5. The molecule has 1 amide bonds. The minimum atomic E-state index is -0.0545. The van der Waals surface area contributed by atoms with Gasteiger partial charge in [0.05, 0.1) is 12.8 Å². The second kappa shape index (κ2) is 9.13. The average Bonchev–Trinajstić information content (AvgIpc) is 2.52. The predicted molar refractivity (Wildman–Crippen MR) is 86.3 cm³/mol. The van der Waals surface area contributed by atoms with Crippen molar-refractivity contribution in [2.45, 2.75) is 20.8 Å². The Kier molecular flexibility index (Phi) is 7.46. The minimum Gasteiger partial charge on any atom is -0.484 e. The van der Waals surface area contributed by atoms with E-state index >= 15 is 0 Å². The molecular weight excluding hydrogens is 266 g/mol. The Labute approximate surface area is 127 Å². The van der Waals surface area contributed by atoms with Crippen LogP contribution in [0.5, 0.6) is 0 Å². The molecule has 0 radical (unpaired) electrons. The molecule has 0 aliphatic rings. The Balaban J connectivity index is 2.52. The lowest BCUT2D eigenvalue weighted by molar-refractivity contribution is 0.0949. The molecule has 0 fully saturated rings. The highest BCUT2D eigenvalue weighted by Crippen LogP contribution is 2.13. The number of likely N-dealkylation sites (N-methyl/N-ethyl adjacent to an activating group) is 1. The molecule has 1 N–H and O–H groups in total. The monoisotopic (exact) mass is 291 g/mol. The van der Waals surface area contributed by atoms with Crippen LogP contribution in [0, 0.1) is 0 Å². The number of rotatable bonds is 7. The Morgan fingerprint density at radius 1 is 1.24 bits per heavy atom. The summed E-state index contributed by atoms with van der Waals surface area (Å²) in [5.41, 5.74) is 1.41. The normalized spacial score (nSPS) is 11.6. The summed E-state index contributed by atoms with van der Waals surface area (Å²) in [7, 11) is 1.58. The van der Waals surface area contributed by atoms with Gasteiger partial charge in [-0.3, -0.25) is 4.79 Å². The van der Waals surface area contributed by atoms with E-state index in [-0.39, 0.29) is 5.91 Å². The second-order valence-electron chi connectivity index (χ2n) is 4.66. The zero-order valence-electron chi connectivity index (χ0n) is 13.3. The molecule has 1 aromatic rings. The van der Waals surface area contributed by atoms with E-state index in [9.17, 15) is 4.79 Å². The maximum absolute atomic E-state index is 12.0. The number of hydrogen-bond acceptors (Lipinski definition) is 4. The second-order valence-corrected chi connectivity index (χ2v) is 4.66. The molecule has 0 atom stereocenters. The zero-order chi connectivity index (χ0) is 15.7. The Bertz CT molecular complexity index is 465. The fraction of sp³-hybridized carbons (Fsp3) is 0.500. The van der Waals surface area contributed by atoms with E-state index in [1.807, 2.05) is 12.1 Å². The number of ether oxygens (including phenoxy) is 1. The first kappa shape index (κ1) is 17.2. The first-order chi connectivity index (χ1) is 10.1. The van der Waals surface area contributed by atoms with Gasteiger partial charge in [-0.25, -0.2) is 4.99 Å². The number of amides is 1. The standard InChI is InChI=1S/C16H25N3O2/c1-5-19(6-2)12-11-17-16(20)14-7-9-15(10-8-14)18-13(3)21-4/h7-10H,5-6,11-12H2,1-4H3,(H,17,20). The van der Waals surface area contributed by atoms with Crippen LogP contribution in [0.1, 0.15) is 31.1 Å². The number of aliphatic imine (C=N–C) groups is 1. The molecule has 0 aromatic heterocycles. The summed E-state index contributed by atoms with van der Waals surface area (Å²) in [5.74, 6) is 0.535. The molecule has 0 spiro atoms. The maximum atomic E-state index is 12.0. The topological polar surface area (TPSA) is 53.9 Å². The highest BCUT2D eigenvalue weighted by molar-refractivity contribution is 5.94. The van der Waals surface area contributed by atoms with Gasteiger partial charge in [0.1, 0.15) is 0 Å². The Morgan fingerprint density at radius 3 is 2.38 bits per heavy atom. The molecule has 1 aromatic carbocycles. The highest BCUT2D eigenvalue weighted by Gasteiger charge is 2.05. The fourth-order valence-electron chi connectivity index (χ4n) is 1.88. The van der Waals surface area contributed by atoms with E-state index in [4.69, 9.17) is 4.74 Å². The summed E-state index contributed by atoms with van der Waals surface area (Å²) in [6.07, 6.45) is 0. The lowest BCUT2D eigenvalue weighted by atomic mass is 10.2. The molecule has 0 saturated heterocycles. The van der Waals surface area contributed by atoms with Gasteiger partial charge in [-0.2, -0.15) is 0 Å². The molecule has 0 aliphatic heterocycles. The quantitative estimate of drug-likeness (QED) is 0.620. The third-order valence-corrected chi connectivity index (χ3v) is 3.32. The number of methoxy groups -OCH3 is 1. The lowest BCUT2D eigenvalue weighted by Gasteiger charge is -2.17. The van der Waals surface area contributed by atoms with Gasteiger partial charge in [-0.1, -0.05) is 13.8 Å². The number of nitrogens with zero attached hydrogens (tertiary/aromatic N) is 2. The summed E-state index contributed by atoms with van der Waals surface area (Å²) >= 11 is 0. The predicted octanol–water partition coefficient (Wildman–Crippen LogP) is 2.45. The van der Waals surface area contributed by atoms with Crippen LogP contribution >= 0.6 is 0 Å². The third-order valence-electron chi connectivity index (χ3n) is 3.32. The Morgan fingerprint density at radius 2 is 1.86 bits per heavy atom. The number of nitrogens with one attached hydrogen (secondary N) is 1. The van der Waals surface area contributed by atoms with E-state index in [0.717, 1.165) is 25.3 Å². The van der Waals surface area contributed by atoms with E-state index in [1.165, 1.54) is 0 Å². The maximum Gasteiger partial charge on any atom is 0.251 e. The zero-order valence-corrected chi connectivity index (χ0v) is 13.3. The molecule has 0 aliphatic carbocycles. The molecule has 0 bridgehead atoms. The van der Waals surface area contributed by atoms with E-state index < -0.39 is 0 Å². The summed E-state index contributed by atoms with van der Waals surface area (Å²) in [6, 6.07) is 7.16. The van der Waals surface area contributed by atoms with Crippen molar-refractivity contribution in [2.75, 3.05) is 33.3 Å². The molecule has 0 saturated carbocycles. The van der Waals surface area contributed by atoms with Gasteiger partial charge in [0.15, 0.2) is 5.90 Å². The van der Waals surface area contributed by atoms with Crippen LogP contribution in [-0.4, -0.2) is 50.0 Å². The third kappa shape index (κ3) is 5.95. The fourth-order valence-corrected chi connectivity index (χ4v) is 1.88. The van der Waals surface area contributed by atoms with Crippen LogP contribution in [0.2, 0.25) is 0 Å². The molecule has 5 nitrogen and oxygen atoms in total. The van der Waals surface area contributed by atoms with Crippen LogP contribution in [0.15, 0.2) is 29.3 Å². The number of carbonyl (C=O) groups excluding carboxylic acids is 1. The smallest absolute Gasteiger partial charge is 0.251 e. The van der Waals surface area contributed by atoms with Crippen LogP contribution in [0.25, 0.3) is 0 Å². The van der Waals surface area contributed by atoms with Crippen LogP contribution in [-0.2, 0) is 4.74 Å². The van der Waals surface area contributed by atoms with Crippen LogP contribution in [0.3, 0.4) is 0 Å². The summed E-state index contributed by atoms with van der Waals surface area (Å²) in [6.45, 7) is 9.54. The van der Waals surface area contributed by atoms with Gasteiger partial charge in [-0.05, 0) is 37.4 Å². The largest absolute Gasteiger partial charge is 0.484 e. The minimum absolute atomic E-state index is 0.0545. The van der Waals surface area contributed by atoms with Crippen molar-refractivity contribution >= 4 is 17.5 Å². The Hall–Kier alpha value is -1.88. The molecule has 21 heavy (non-hydrogen) atoms. The van der Waals surface area contributed by atoms with Crippen molar-refractivity contribution in [3.63, 3.8) is 0 Å². The van der Waals surface area contributed by atoms with Crippen molar-refractivity contribution in [3.05, 3.63) is 29.8 Å². The van der Waals surface area contributed by atoms with Gasteiger partial charge >= 0.3 is 0 Å². The van der Waals surface area contributed by atoms with Gasteiger partial charge in [0, 0.05) is 25.6 Å². The molecule has 116 valence electrons. The van der Waals surface area contributed by atoms with Gasteiger partial charge in [0.25, 0.3) is 5.91 Å².